The number of benzene rings is 1. The summed E-state index contributed by atoms with van der Waals surface area (Å²) in [5, 5.41) is 9.71. The van der Waals surface area contributed by atoms with Gasteiger partial charge in [-0.05, 0) is 47.4 Å². The predicted octanol–water partition coefficient (Wildman–Crippen LogP) is 4.79. The van der Waals surface area contributed by atoms with E-state index < -0.39 is 6.04 Å². The number of nitrogens with one attached hydrogen (secondary N) is 2. The zero-order chi connectivity index (χ0) is 19.9. The van der Waals surface area contributed by atoms with Crippen molar-refractivity contribution in [1.82, 2.24) is 10.6 Å². The lowest BCUT2D eigenvalue weighted by Gasteiger charge is -2.21. The molecule has 0 radical (unpaired) electrons. The van der Waals surface area contributed by atoms with Crippen LogP contribution >= 0.6 is 22.7 Å². The van der Waals surface area contributed by atoms with Gasteiger partial charge in [-0.15, -0.1) is 22.7 Å². The van der Waals surface area contributed by atoms with Crippen LogP contribution in [0.25, 0.3) is 0 Å². The van der Waals surface area contributed by atoms with Crippen LogP contribution in [0.1, 0.15) is 52.0 Å². The third-order valence-corrected chi connectivity index (χ3v) is 6.26. The Morgan fingerprint density at radius 2 is 1.68 bits per heavy atom. The topological polar surface area (TPSA) is 58.2 Å². The molecule has 0 spiro atoms. The van der Waals surface area contributed by atoms with E-state index in [1.807, 2.05) is 29.0 Å². The van der Waals surface area contributed by atoms with Gasteiger partial charge in [0.1, 0.15) is 6.04 Å². The lowest BCUT2D eigenvalue weighted by molar-refractivity contribution is -0.123. The van der Waals surface area contributed by atoms with Crippen molar-refractivity contribution in [3.8, 4) is 0 Å². The molecule has 3 aromatic rings. The zero-order valence-corrected chi connectivity index (χ0v) is 17.6. The Labute approximate surface area is 173 Å². The van der Waals surface area contributed by atoms with Crippen LogP contribution in [0.15, 0.2) is 59.3 Å². The van der Waals surface area contributed by atoms with E-state index in [0.717, 1.165) is 23.3 Å². The Morgan fingerprint density at radius 1 is 0.964 bits per heavy atom. The summed E-state index contributed by atoms with van der Waals surface area (Å²) in [6, 6.07) is 15.1. The van der Waals surface area contributed by atoms with Gasteiger partial charge in [0.05, 0.1) is 10.9 Å². The first-order valence-electron chi connectivity index (χ1n) is 9.35. The van der Waals surface area contributed by atoms with Crippen LogP contribution in [0.2, 0.25) is 0 Å². The lowest BCUT2D eigenvalue weighted by atomic mass is 10.0. The fourth-order valence-electron chi connectivity index (χ4n) is 2.95. The highest BCUT2D eigenvalue weighted by Crippen LogP contribution is 2.26. The van der Waals surface area contributed by atoms with E-state index in [9.17, 15) is 9.59 Å². The molecule has 0 fully saturated rings. The second kappa shape index (κ2) is 9.66. The van der Waals surface area contributed by atoms with Crippen molar-refractivity contribution >= 4 is 34.5 Å². The first-order valence-corrected chi connectivity index (χ1v) is 11.1. The molecule has 0 bridgehead atoms. The highest BCUT2D eigenvalue weighted by Gasteiger charge is 2.23. The van der Waals surface area contributed by atoms with Gasteiger partial charge in [0.25, 0.3) is 5.91 Å². The molecular formula is C22H24N2O2S2. The lowest BCUT2D eigenvalue weighted by Crippen LogP contribution is -2.45. The maximum atomic E-state index is 12.8. The van der Waals surface area contributed by atoms with Gasteiger partial charge in [-0.2, -0.15) is 0 Å². The van der Waals surface area contributed by atoms with Crippen molar-refractivity contribution in [2.24, 2.45) is 0 Å². The molecule has 2 unspecified atom stereocenters. The minimum atomic E-state index is -0.628. The van der Waals surface area contributed by atoms with Crippen LogP contribution in [-0.2, 0) is 11.2 Å². The van der Waals surface area contributed by atoms with E-state index in [-0.39, 0.29) is 17.9 Å². The van der Waals surface area contributed by atoms with Gasteiger partial charge in [-0.1, -0.05) is 49.7 Å². The average molecular weight is 413 g/mol. The summed E-state index contributed by atoms with van der Waals surface area (Å²) >= 11 is 2.96. The fraction of sp³-hybridized carbons (Fsp3) is 0.273. The normalized spacial score (nSPS) is 12.9. The number of hydrogen-bond donors (Lipinski definition) is 2. The third kappa shape index (κ3) is 5.09. The smallest absolute Gasteiger partial charge is 0.261 e. The number of carbonyl (C=O) groups is 2. The van der Waals surface area contributed by atoms with Crippen LogP contribution < -0.4 is 10.6 Å². The second-order valence-corrected chi connectivity index (χ2v) is 8.55. The van der Waals surface area contributed by atoms with Crippen LogP contribution in [0.3, 0.4) is 0 Å². The van der Waals surface area contributed by atoms with Gasteiger partial charge in [0, 0.05) is 4.88 Å². The zero-order valence-electron chi connectivity index (χ0n) is 16.0. The average Bonchev–Trinajstić information content (AvgIpc) is 3.41. The Bertz CT molecular complexity index is 887. The Kier molecular flexibility index (Phi) is 7.01. The molecule has 0 aliphatic rings. The monoisotopic (exact) mass is 412 g/mol. The van der Waals surface area contributed by atoms with E-state index in [2.05, 4.69) is 41.8 Å². The van der Waals surface area contributed by atoms with Crippen molar-refractivity contribution in [1.29, 1.82) is 0 Å². The van der Waals surface area contributed by atoms with Gasteiger partial charge in [0.15, 0.2) is 0 Å². The Morgan fingerprint density at radius 3 is 2.29 bits per heavy atom. The van der Waals surface area contributed by atoms with Crippen LogP contribution in [0, 0.1) is 0 Å². The van der Waals surface area contributed by atoms with Crippen LogP contribution in [0.5, 0.6) is 0 Å². The second-order valence-electron chi connectivity index (χ2n) is 6.62. The number of aryl methyl sites for hydroxylation is 1. The minimum Gasteiger partial charge on any atom is -0.343 e. The van der Waals surface area contributed by atoms with Gasteiger partial charge < -0.3 is 10.6 Å². The molecule has 2 heterocycles. The van der Waals surface area contributed by atoms with Gasteiger partial charge in [0.2, 0.25) is 5.91 Å². The molecule has 28 heavy (non-hydrogen) atoms. The number of thiophene rings is 2. The minimum absolute atomic E-state index is 0.207. The summed E-state index contributed by atoms with van der Waals surface area (Å²) in [5.41, 5.74) is 2.33. The first kappa shape index (κ1) is 20.3. The highest BCUT2D eigenvalue weighted by molar-refractivity contribution is 7.12. The van der Waals surface area contributed by atoms with Crippen molar-refractivity contribution in [3.05, 3.63) is 80.2 Å². The number of carbonyl (C=O) groups excluding carboxylic acids is 2. The van der Waals surface area contributed by atoms with Crippen LogP contribution in [0.4, 0.5) is 0 Å². The maximum absolute atomic E-state index is 12.8. The summed E-state index contributed by atoms with van der Waals surface area (Å²) in [4.78, 5) is 26.7. The van der Waals surface area contributed by atoms with Gasteiger partial charge >= 0.3 is 0 Å². The number of hydrogen-bond acceptors (Lipinski definition) is 4. The van der Waals surface area contributed by atoms with Crippen molar-refractivity contribution < 1.29 is 9.59 Å². The molecule has 2 atom stereocenters. The molecule has 146 valence electrons. The maximum Gasteiger partial charge on any atom is 0.261 e. The van der Waals surface area contributed by atoms with Crippen molar-refractivity contribution in [2.45, 2.75) is 38.8 Å². The summed E-state index contributed by atoms with van der Waals surface area (Å²) in [5.74, 6) is -0.435. The standard InChI is InChI=1S/C22H24N2O2S2/c1-3-6-16-9-11-17(12-10-16)20(18-7-4-13-27-18)24-21(25)15(2)23-22(26)19-8-5-14-28-19/h4-5,7-15,20H,3,6H2,1-2H3,(H,23,26)(H,24,25). The van der Waals surface area contributed by atoms with Gasteiger partial charge in [-0.25, -0.2) is 0 Å². The molecule has 1 aromatic carbocycles. The SMILES string of the molecule is CCCc1ccc(C(NC(=O)C(C)NC(=O)c2cccs2)c2cccs2)cc1. The molecule has 0 saturated carbocycles. The molecule has 0 saturated heterocycles. The van der Waals surface area contributed by atoms with E-state index in [1.165, 1.54) is 16.9 Å². The molecule has 6 heteroatoms. The highest BCUT2D eigenvalue weighted by atomic mass is 32.1. The Hall–Kier alpha value is -2.44. The summed E-state index contributed by atoms with van der Waals surface area (Å²) in [6.45, 7) is 3.87. The van der Waals surface area contributed by atoms with Crippen LogP contribution in [-0.4, -0.2) is 17.9 Å². The summed E-state index contributed by atoms with van der Waals surface area (Å²) in [6.07, 6.45) is 2.15. The quantitative estimate of drug-likeness (QED) is 0.559. The van der Waals surface area contributed by atoms with E-state index in [4.69, 9.17) is 0 Å². The molecule has 0 aliphatic heterocycles. The van der Waals surface area contributed by atoms with Crippen molar-refractivity contribution in [3.63, 3.8) is 0 Å². The molecule has 2 aromatic heterocycles. The largest absolute Gasteiger partial charge is 0.343 e. The van der Waals surface area contributed by atoms with Crippen molar-refractivity contribution in [2.75, 3.05) is 0 Å². The third-order valence-electron chi connectivity index (χ3n) is 4.45. The molecule has 4 nitrogen and oxygen atoms in total. The van der Waals surface area contributed by atoms with E-state index >= 15 is 0 Å². The van der Waals surface area contributed by atoms with E-state index in [0.29, 0.717) is 4.88 Å². The summed E-state index contributed by atoms with van der Waals surface area (Å²) < 4.78 is 0. The van der Waals surface area contributed by atoms with Gasteiger partial charge in [-0.3, -0.25) is 9.59 Å². The molecule has 2 amide bonds. The molecule has 2 N–H and O–H groups in total. The molecular weight excluding hydrogens is 388 g/mol. The first-order chi connectivity index (χ1) is 13.6. The molecule has 3 rings (SSSR count). The predicted molar refractivity (Wildman–Crippen MR) is 116 cm³/mol. The number of amides is 2. The number of rotatable bonds is 8. The van der Waals surface area contributed by atoms with E-state index in [1.54, 1.807) is 24.3 Å². The fourth-order valence-corrected chi connectivity index (χ4v) is 4.38. The molecule has 0 aliphatic carbocycles. The summed E-state index contributed by atoms with van der Waals surface area (Å²) in [7, 11) is 0. The Balaban J connectivity index is 1.72.